The maximum Gasteiger partial charge on any atom is 0.331 e. The summed E-state index contributed by atoms with van der Waals surface area (Å²) in [4.78, 5) is 42.2. The van der Waals surface area contributed by atoms with E-state index in [2.05, 4.69) is 34.6 Å². The second-order valence-corrected chi connectivity index (χ2v) is 10.4. The summed E-state index contributed by atoms with van der Waals surface area (Å²) in [6.07, 6.45) is 5.39. The number of nitrogens with zero attached hydrogens (tertiary/aromatic N) is 1. The third-order valence-electron chi connectivity index (χ3n) is 7.26. The van der Waals surface area contributed by atoms with Crippen LogP contribution in [0, 0.1) is 12.8 Å². The number of nitrogens with one attached hydrogen (secondary N) is 1. The predicted octanol–water partition coefficient (Wildman–Crippen LogP) is 3.57. The van der Waals surface area contributed by atoms with Gasteiger partial charge in [0.15, 0.2) is 17.5 Å². The molecule has 1 saturated carbocycles. The molecular weight excluding hydrogens is 516 g/mol. The van der Waals surface area contributed by atoms with Crippen LogP contribution >= 0.6 is 0 Å². The zero-order chi connectivity index (χ0) is 28.6. The quantitative estimate of drug-likeness (QED) is 0.488. The van der Waals surface area contributed by atoms with Crippen molar-refractivity contribution in [3.05, 3.63) is 53.3 Å². The molecule has 2 fully saturated rings. The number of hydrogen-bond donors (Lipinski definition) is 1. The Morgan fingerprint density at radius 3 is 2.50 bits per heavy atom. The van der Waals surface area contributed by atoms with Crippen LogP contribution in [-0.4, -0.2) is 67.5 Å². The van der Waals surface area contributed by atoms with Crippen LogP contribution in [0.15, 0.2) is 36.5 Å². The number of amides is 1. The van der Waals surface area contributed by atoms with Gasteiger partial charge in [-0.3, -0.25) is 9.59 Å². The van der Waals surface area contributed by atoms with Crippen molar-refractivity contribution in [2.24, 2.45) is 5.92 Å². The van der Waals surface area contributed by atoms with Gasteiger partial charge in [-0.15, -0.1) is 0 Å². The molecule has 1 aromatic carbocycles. The van der Waals surface area contributed by atoms with Crippen molar-refractivity contribution < 1.29 is 38.1 Å². The lowest BCUT2D eigenvalue weighted by atomic mass is 9.91. The minimum absolute atomic E-state index is 0.0730. The SMILES string of the molecule is COc1ccnc(C(=O)N[C@H]2COC[C@H](Cc3ccc(C)cc3)[C@@H](OC3CCCC3)[C@H](C)OC2=O)c1OC(C)=O. The lowest BCUT2D eigenvalue weighted by molar-refractivity contribution is -0.164. The molecule has 1 amide bonds. The van der Waals surface area contributed by atoms with Crippen molar-refractivity contribution >= 4 is 17.8 Å². The van der Waals surface area contributed by atoms with E-state index in [1.165, 1.54) is 31.9 Å². The molecule has 1 N–H and O–H groups in total. The van der Waals surface area contributed by atoms with Gasteiger partial charge in [0.1, 0.15) is 6.10 Å². The highest BCUT2D eigenvalue weighted by molar-refractivity contribution is 5.98. The van der Waals surface area contributed by atoms with E-state index in [1.54, 1.807) is 0 Å². The van der Waals surface area contributed by atoms with Crippen molar-refractivity contribution in [3.8, 4) is 11.5 Å². The molecule has 2 heterocycles. The molecule has 2 aromatic rings. The van der Waals surface area contributed by atoms with Gasteiger partial charge in [-0.2, -0.15) is 0 Å². The first-order valence-corrected chi connectivity index (χ1v) is 13.8. The maximum absolute atomic E-state index is 13.3. The third kappa shape index (κ3) is 7.57. The third-order valence-corrected chi connectivity index (χ3v) is 7.26. The summed E-state index contributed by atoms with van der Waals surface area (Å²) < 4.78 is 28.9. The van der Waals surface area contributed by atoms with Gasteiger partial charge >= 0.3 is 11.9 Å². The van der Waals surface area contributed by atoms with Crippen LogP contribution in [0.2, 0.25) is 0 Å². The molecule has 0 unspecified atom stereocenters. The average molecular weight is 555 g/mol. The number of methoxy groups -OCH3 is 1. The summed E-state index contributed by atoms with van der Waals surface area (Å²) in [6, 6.07) is 8.69. The molecule has 10 heteroatoms. The standard InChI is InChI=1S/C30H38N2O8/c1-18-9-11-21(12-10-18)15-22-16-37-17-24(30(35)38-19(2)27(22)40-23-7-5-6-8-23)32-29(34)26-28(39-20(3)33)25(36-4)13-14-31-26/h9-14,19,22-24,27H,5-8,15-17H2,1-4H3,(H,32,34)/t19-,22-,24-,27-/m0/s1. The van der Waals surface area contributed by atoms with Crippen molar-refractivity contribution in [1.82, 2.24) is 10.3 Å². The summed E-state index contributed by atoms with van der Waals surface area (Å²) >= 11 is 0. The molecule has 1 aromatic heterocycles. The van der Waals surface area contributed by atoms with E-state index in [-0.39, 0.29) is 41.9 Å². The number of ether oxygens (including phenoxy) is 5. The fourth-order valence-electron chi connectivity index (χ4n) is 5.21. The van der Waals surface area contributed by atoms with Gasteiger partial charge in [-0.25, -0.2) is 9.78 Å². The second-order valence-electron chi connectivity index (χ2n) is 10.4. The molecule has 1 saturated heterocycles. The number of aryl methyl sites for hydroxylation is 1. The normalized spacial score (nSPS) is 23.9. The monoisotopic (exact) mass is 554 g/mol. The fourth-order valence-corrected chi connectivity index (χ4v) is 5.21. The van der Waals surface area contributed by atoms with E-state index in [9.17, 15) is 14.4 Å². The van der Waals surface area contributed by atoms with Crippen molar-refractivity contribution in [2.45, 2.75) is 77.2 Å². The van der Waals surface area contributed by atoms with Crippen LogP contribution in [0.1, 0.15) is 61.1 Å². The molecular formula is C30H38N2O8. The van der Waals surface area contributed by atoms with Crippen LogP contribution in [0.3, 0.4) is 0 Å². The minimum atomic E-state index is -1.11. The second kappa shape index (κ2) is 13.7. The first kappa shape index (κ1) is 29.5. The fraction of sp³-hybridized carbons (Fsp3) is 0.533. The lowest BCUT2D eigenvalue weighted by Gasteiger charge is -2.33. The summed E-state index contributed by atoms with van der Waals surface area (Å²) in [7, 11) is 1.38. The number of hydrogen-bond acceptors (Lipinski definition) is 9. The van der Waals surface area contributed by atoms with Crippen LogP contribution < -0.4 is 14.8 Å². The number of pyridine rings is 1. The largest absolute Gasteiger partial charge is 0.493 e. The van der Waals surface area contributed by atoms with Gasteiger partial charge in [0.05, 0.1) is 32.5 Å². The van der Waals surface area contributed by atoms with Crippen molar-refractivity contribution in [3.63, 3.8) is 0 Å². The molecule has 4 rings (SSSR count). The highest BCUT2D eigenvalue weighted by Gasteiger charge is 2.38. The molecule has 2 aliphatic rings. The Morgan fingerprint density at radius 2 is 1.82 bits per heavy atom. The van der Waals surface area contributed by atoms with Gasteiger partial charge in [0.25, 0.3) is 5.91 Å². The first-order valence-electron chi connectivity index (χ1n) is 13.8. The molecule has 0 spiro atoms. The van der Waals surface area contributed by atoms with Gasteiger partial charge in [-0.1, -0.05) is 42.7 Å². The number of carbonyl (C=O) groups excluding carboxylic acids is 3. The average Bonchev–Trinajstić information content (AvgIpc) is 3.45. The molecule has 4 atom stereocenters. The maximum atomic E-state index is 13.3. The summed E-state index contributed by atoms with van der Waals surface area (Å²) in [5, 5.41) is 2.64. The van der Waals surface area contributed by atoms with Crippen LogP contribution in [0.4, 0.5) is 0 Å². The smallest absolute Gasteiger partial charge is 0.331 e. The number of rotatable bonds is 8. The van der Waals surface area contributed by atoms with E-state index < -0.39 is 30.0 Å². The Labute approximate surface area is 234 Å². The summed E-state index contributed by atoms with van der Waals surface area (Å²) in [6.45, 7) is 5.28. The molecule has 216 valence electrons. The Hall–Kier alpha value is -3.50. The minimum Gasteiger partial charge on any atom is -0.493 e. The Morgan fingerprint density at radius 1 is 1.10 bits per heavy atom. The van der Waals surface area contributed by atoms with E-state index in [0.717, 1.165) is 31.2 Å². The highest BCUT2D eigenvalue weighted by atomic mass is 16.6. The molecule has 1 aliphatic carbocycles. The zero-order valence-corrected chi connectivity index (χ0v) is 23.5. The van der Waals surface area contributed by atoms with Gasteiger partial charge < -0.3 is 29.0 Å². The van der Waals surface area contributed by atoms with Crippen LogP contribution in [0.25, 0.3) is 0 Å². The number of cyclic esters (lactones) is 1. The number of esters is 2. The topological polar surface area (TPSA) is 122 Å². The van der Waals surface area contributed by atoms with Gasteiger partial charge in [0.2, 0.25) is 5.75 Å². The van der Waals surface area contributed by atoms with Crippen molar-refractivity contribution in [2.75, 3.05) is 20.3 Å². The zero-order valence-electron chi connectivity index (χ0n) is 23.5. The number of aromatic nitrogens is 1. The van der Waals surface area contributed by atoms with Crippen molar-refractivity contribution in [1.29, 1.82) is 0 Å². The molecule has 0 bridgehead atoms. The number of carbonyl (C=O) groups is 3. The van der Waals surface area contributed by atoms with E-state index in [1.807, 2.05) is 13.8 Å². The highest BCUT2D eigenvalue weighted by Crippen LogP contribution is 2.31. The Kier molecular flexibility index (Phi) is 10.1. The Bertz CT molecular complexity index is 1180. The Balaban J connectivity index is 1.53. The van der Waals surface area contributed by atoms with Gasteiger partial charge in [-0.05, 0) is 38.7 Å². The molecule has 1 aliphatic heterocycles. The molecule has 10 nitrogen and oxygen atoms in total. The van der Waals surface area contributed by atoms with E-state index in [4.69, 9.17) is 23.7 Å². The lowest BCUT2D eigenvalue weighted by Crippen LogP contribution is -2.47. The first-order chi connectivity index (χ1) is 19.2. The molecule has 40 heavy (non-hydrogen) atoms. The van der Waals surface area contributed by atoms with Crippen LogP contribution in [0.5, 0.6) is 11.5 Å². The summed E-state index contributed by atoms with van der Waals surface area (Å²) in [5.74, 6) is -2.08. The molecule has 0 radical (unpaired) electrons. The van der Waals surface area contributed by atoms with Crippen LogP contribution in [-0.2, 0) is 30.2 Å². The summed E-state index contributed by atoms with van der Waals surface area (Å²) in [5.41, 5.74) is 2.12. The van der Waals surface area contributed by atoms with E-state index >= 15 is 0 Å². The van der Waals surface area contributed by atoms with Gasteiger partial charge in [0, 0.05) is 25.1 Å². The number of benzene rings is 1. The van der Waals surface area contributed by atoms with E-state index in [0.29, 0.717) is 13.0 Å². The predicted molar refractivity (Wildman–Crippen MR) is 145 cm³/mol.